The summed E-state index contributed by atoms with van der Waals surface area (Å²) in [5, 5.41) is 11.4. The molecule has 0 bridgehead atoms. The van der Waals surface area contributed by atoms with E-state index in [1.165, 1.54) is 12.8 Å². The molecular formula is C26H31FN6O. The summed E-state index contributed by atoms with van der Waals surface area (Å²) in [6.45, 7) is 7.04. The van der Waals surface area contributed by atoms with Gasteiger partial charge in [0.2, 0.25) is 5.95 Å². The zero-order chi connectivity index (χ0) is 23.9. The lowest BCUT2D eigenvalue weighted by atomic mass is 10.0. The van der Waals surface area contributed by atoms with Gasteiger partial charge in [0.05, 0.1) is 17.9 Å². The zero-order valence-electron chi connectivity index (χ0n) is 19.8. The summed E-state index contributed by atoms with van der Waals surface area (Å²) in [5.74, 6) is 5.73. The third-order valence-electron chi connectivity index (χ3n) is 7.02. The third kappa shape index (κ3) is 4.50. The molecular weight excluding hydrogens is 431 g/mol. The largest absolute Gasteiger partial charge is 0.378 e. The molecule has 1 aliphatic carbocycles. The van der Waals surface area contributed by atoms with Crippen molar-refractivity contribution < 1.29 is 9.50 Å². The summed E-state index contributed by atoms with van der Waals surface area (Å²) in [6.07, 6.45) is 10.2. The van der Waals surface area contributed by atoms with Crippen molar-refractivity contribution in [1.82, 2.24) is 24.4 Å². The smallest absolute Gasteiger partial charge is 0.220 e. The summed E-state index contributed by atoms with van der Waals surface area (Å²) in [5.41, 5.74) is 7.04. The lowest BCUT2D eigenvalue weighted by Gasteiger charge is -2.17. The van der Waals surface area contributed by atoms with Crippen molar-refractivity contribution in [3.8, 4) is 23.1 Å². The molecule has 3 aromatic rings. The van der Waals surface area contributed by atoms with E-state index in [-0.39, 0.29) is 23.6 Å². The number of nitrogens with zero attached hydrogens (tertiary/aromatic N) is 5. The molecule has 0 radical (unpaired) electrons. The molecule has 2 unspecified atom stereocenters. The molecule has 2 atom stereocenters. The lowest BCUT2D eigenvalue weighted by Crippen LogP contribution is -2.24. The average molecular weight is 463 g/mol. The van der Waals surface area contributed by atoms with Crippen molar-refractivity contribution in [2.24, 2.45) is 5.92 Å². The molecule has 8 heteroatoms. The number of pyridine rings is 1. The molecule has 5 rings (SSSR count). The lowest BCUT2D eigenvalue weighted by molar-refractivity contribution is 0.0980. The molecule has 1 saturated heterocycles. The standard InChI is InChI=1S/C26H31FN6O/c1-3-4-10-32-11-8-19(15-32)33-16-21(24-22(27)13-30-25(28)31-24)20-12-18(29-14-23(20)33)7-9-26(2,34)17-5-6-17/h12-14,16-17,19,34H,3-6,8,10-11,15H2,1-2H3,(H2,28,30,31). The molecule has 2 fully saturated rings. The van der Waals surface area contributed by atoms with E-state index in [0.29, 0.717) is 11.3 Å². The van der Waals surface area contributed by atoms with E-state index >= 15 is 0 Å². The highest BCUT2D eigenvalue weighted by atomic mass is 19.1. The van der Waals surface area contributed by atoms with Crippen LogP contribution in [0.1, 0.15) is 57.7 Å². The number of hydrogen-bond acceptors (Lipinski definition) is 6. The minimum absolute atomic E-state index is 0.0264. The van der Waals surface area contributed by atoms with E-state index in [9.17, 15) is 9.50 Å². The third-order valence-corrected chi connectivity index (χ3v) is 7.02. The van der Waals surface area contributed by atoms with E-state index in [0.717, 1.165) is 56.0 Å². The first-order chi connectivity index (χ1) is 16.4. The summed E-state index contributed by atoms with van der Waals surface area (Å²) in [6, 6.07) is 2.13. The SMILES string of the molecule is CCCCN1CCC(n2cc(-c3nc(N)ncc3F)c3cc(C#CC(C)(O)C4CC4)ncc32)C1. The molecule has 0 spiro atoms. The maximum atomic E-state index is 14.8. The van der Waals surface area contributed by atoms with Crippen LogP contribution in [0.15, 0.2) is 24.7 Å². The molecule has 0 amide bonds. The number of nitrogen functional groups attached to an aromatic ring is 1. The highest BCUT2D eigenvalue weighted by Crippen LogP contribution is 2.39. The highest BCUT2D eigenvalue weighted by molar-refractivity contribution is 5.95. The van der Waals surface area contributed by atoms with E-state index in [1.54, 1.807) is 13.1 Å². The van der Waals surface area contributed by atoms with Gasteiger partial charge < -0.3 is 20.3 Å². The molecule has 34 heavy (non-hydrogen) atoms. The van der Waals surface area contributed by atoms with Crippen LogP contribution in [-0.4, -0.2) is 54.8 Å². The Morgan fingerprint density at radius 1 is 1.26 bits per heavy atom. The molecule has 1 aliphatic heterocycles. The first kappa shape index (κ1) is 22.8. The van der Waals surface area contributed by atoms with Crippen LogP contribution in [0, 0.1) is 23.6 Å². The van der Waals surface area contributed by atoms with Gasteiger partial charge in [0.15, 0.2) is 5.82 Å². The Kier molecular flexibility index (Phi) is 6.00. The summed E-state index contributed by atoms with van der Waals surface area (Å²) < 4.78 is 17.0. The van der Waals surface area contributed by atoms with Crippen LogP contribution < -0.4 is 5.73 Å². The maximum Gasteiger partial charge on any atom is 0.220 e. The predicted octanol–water partition coefficient (Wildman–Crippen LogP) is 3.77. The molecule has 7 nitrogen and oxygen atoms in total. The number of hydrogen-bond donors (Lipinski definition) is 2. The van der Waals surface area contributed by atoms with Crippen molar-refractivity contribution in [2.75, 3.05) is 25.4 Å². The van der Waals surface area contributed by atoms with E-state index in [2.05, 4.69) is 43.2 Å². The fourth-order valence-electron chi connectivity index (χ4n) is 4.84. The number of fused-ring (bicyclic) bond motifs is 1. The number of likely N-dealkylation sites (tertiary alicyclic amines) is 1. The van der Waals surface area contributed by atoms with Gasteiger partial charge >= 0.3 is 0 Å². The van der Waals surface area contributed by atoms with Crippen LogP contribution in [0.25, 0.3) is 22.2 Å². The van der Waals surface area contributed by atoms with Gasteiger partial charge in [-0.1, -0.05) is 19.3 Å². The Bertz CT molecular complexity index is 1270. The number of aromatic nitrogens is 4. The van der Waals surface area contributed by atoms with Crippen molar-refractivity contribution in [1.29, 1.82) is 0 Å². The minimum Gasteiger partial charge on any atom is -0.378 e. The Balaban J connectivity index is 1.57. The topological polar surface area (TPSA) is 93.1 Å². The monoisotopic (exact) mass is 462 g/mol. The van der Waals surface area contributed by atoms with Gasteiger partial charge in [-0.25, -0.2) is 19.3 Å². The van der Waals surface area contributed by atoms with Gasteiger partial charge in [-0.15, -0.1) is 0 Å². The van der Waals surface area contributed by atoms with Gasteiger partial charge in [0, 0.05) is 36.3 Å². The Hall–Kier alpha value is -3.02. The van der Waals surface area contributed by atoms with E-state index in [4.69, 9.17) is 5.73 Å². The number of rotatable bonds is 6. The molecule has 2 aliphatic rings. The minimum atomic E-state index is -1.02. The Morgan fingerprint density at radius 3 is 2.85 bits per heavy atom. The van der Waals surface area contributed by atoms with Crippen LogP contribution in [0.5, 0.6) is 0 Å². The highest BCUT2D eigenvalue weighted by Gasteiger charge is 2.38. The summed E-state index contributed by atoms with van der Waals surface area (Å²) in [4.78, 5) is 15.0. The first-order valence-electron chi connectivity index (χ1n) is 12.1. The number of anilines is 1. The molecule has 3 aromatic heterocycles. The molecule has 3 N–H and O–H groups in total. The normalized spacial score (nSPS) is 20.3. The number of unbranched alkanes of at least 4 members (excludes halogenated alkanes) is 1. The second-order valence-electron chi connectivity index (χ2n) is 9.73. The van der Waals surface area contributed by atoms with Crippen molar-refractivity contribution in [2.45, 2.75) is 57.6 Å². The van der Waals surface area contributed by atoms with Crippen molar-refractivity contribution in [3.63, 3.8) is 0 Å². The Morgan fingerprint density at radius 2 is 2.09 bits per heavy atom. The second-order valence-corrected chi connectivity index (χ2v) is 9.73. The van der Waals surface area contributed by atoms with Gasteiger partial charge in [0.1, 0.15) is 17.0 Å². The Labute approximate surface area is 199 Å². The quantitative estimate of drug-likeness (QED) is 0.542. The van der Waals surface area contributed by atoms with Gasteiger partial charge in [-0.3, -0.25) is 0 Å². The molecule has 178 valence electrons. The number of nitrogens with two attached hydrogens (primary N) is 1. The van der Waals surface area contributed by atoms with E-state index in [1.807, 2.05) is 12.3 Å². The molecule has 1 saturated carbocycles. The van der Waals surface area contributed by atoms with Crippen molar-refractivity contribution >= 4 is 16.9 Å². The maximum absolute atomic E-state index is 14.8. The summed E-state index contributed by atoms with van der Waals surface area (Å²) >= 11 is 0. The molecule has 0 aromatic carbocycles. The second kappa shape index (κ2) is 8.97. The van der Waals surface area contributed by atoms with Gasteiger partial charge in [0.25, 0.3) is 0 Å². The van der Waals surface area contributed by atoms with Gasteiger partial charge in [-0.2, -0.15) is 0 Å². The fraction of sp³-hybridized carbons (Fsp3) is 0.500. The van der Waals surface area contributed by atoms with Crippen LogP contribution in [0.2, 0.25) is 0 Å². The van der Waals surface area contributed by atoms with Crippen LogP contribution >= 0.6 is 0 Å². The van der Waals surface area contributed by atoms with E-state index < -0.39 is 11.4 Å². The zero-order valence-corrected chi connectivity index (χ0v) is 19.8. The van der Waals surface area contributed by atoms with Crippen LogP contribution in [-0.2, 0) is 0 Å². The van der Waals surface area contributed by atoms with Gasteiger partial charge in [-0.05, 0) is 57.1 Å². The average Bonchev–Trinajstić information content (AvgIpc) is 3.49. The molecule has 4 heterocycles. The number of halogens is 1. The summed E-state index contributed by atoms with van der Waals surface area (Å²) in [7, 11) is 0. The predicted molar refractivity (Wildman–Crippen MR) is 130 cm³/mol. The van der Waals surface area contributed by atoms with Crippen molar-refractivity contribution in [3.05, 3.63) is 36.2 Å². The van der Waals surface area contributed by atoms with Crippen LogP contribution in [0.4, 0.5) is 10.3 Å². The first-order valence-corrected chi connectivity index (χ1v) is 12.1. The fourth-order valence-corrected chi connectivity index (χ4v) is 4.84. The number of aliphatic hydroxyl groups is 1. The van der Waals surface area contributed by atoms with Crippen LogP contribution in [0.3, 0.4) is 0 Å².